The van der Waals surface area contributed by atoms with Crippen LogP contribution in [0.5, 0.6) is 0 Å². The van der Waals surface area contributed by atoms with E-state index in [-0.39, 0.29) is 0 Å². The number of hydrogen-bond acceptors (Lipinski definition) is 1. The molecule has 0 N–H and O–H groups in total. The van der Waals surface area contributed by atoms with Gasteiger partial charge in [0.1, 0.15) is 0 Å². The molecule has 0 radical (unpaired) electrons. The smallest absolute Gasteiger partial charge is 0.439 e. The summed E-state index contributed by atoms with van der Waals surface area (Å²) in [6, 6.07) is 0. The molecule has 0 saturated carbocycles. The largest absolute Gasteiger partial charge is 0.460 e. The van der Waals surface area contributed by atoms with Gasteiger partial charge in [-0.05, 0) is 0 Å². The van der Waals surface area contributed by atoms with Crippen molar-refractivity contribution in [3.05, 3.63) is 0 Å². The van der Waals surface area contributed by atoms with Gasteiger partial charge in [0.2, 0.25) is 0 Å². The highest BCUT2D eigenvalue weighted by Crippen LogP contribution is 1.75. The van der Waals surface area contributed by atoms with E-state index in [1.807, 2.05) is 6.92 Å². The molecule has 0 unspecified atom stereocenters. The van der Waals surface area contributed by atoms with E-state index in [0.29, 0.717) is 5.90 Å². The van der Waals surface area contributed by atoms with E-state index in [4.69, 9.17) is 4.74 Å². The van der Waals surface area contributed by atoms with Crippen molar-refractivity contribution in [2.75, 3.05) is 7.11 Å². The molecule has 2 nitrogen and oxygen atoms in total. The summed E-state index contributed by atoms with van der Waals surface area (Å²) in [6.07, 6.45) is 0.819. The maximum absolute atomic E-state index is 4.74. The van der Waals surface area contributed by atoms with Crippen LogP contribution in [0.2, 0.25) is 0 Å². The minimum Gasteiger partial charge on any atom is -0.439 e. The molecule has 0 rings (SSSR count). The Morgan fingerprint density at radius 1 is 1.86 bits per heavy atom. The predicted octanol–water partition coefficient (Wildman–Crippen LogP) is 0.209. The standard InChI is InChI=1S/C5H10NO/c1-4-5(6-2)7-3/h2,4H2,1,3H3/q+1. The van der Waals surface area contributed by atoms with Gasteiger partial charge in [0, 0.05) is 0 Å². The van der Waals surface area contributed by atoms with E-state index in [1.54, 1.807) is 7.11 Å². The third kappa shape index (κ3) is 2.01. The highest BCUT2D eigenvalue weighted by molar-refractivity contribution is 5.75. The molecule has 0 aromatic carbocycles. The van der Waals surface area contributed by atoms with Gasteiger partial charge in [-0.25, -0.2) is 0 Å². The molecule has 0 atom stereocenters. The molecule has 0 aliphatic carbocycles. The maximum atomic E-state index is 4.74. The number of rotatable bonds is 1. The summed E-state index contributed by atoms with van der Waals surface area (Å²) in [5.74, 6) is 0.694. The quantitative estimate of drug-likeness (QED) is 0.262. The van der Waals surface area contributed by atoms with Gasteiger partial charge in [-0.2, -0.15) is 0 Å². The van der Waals surface area contributed by atoms with Gasteiger partial charge in [0.25, 0.3) is 6.72 Å². The van der Waals surface area contributed by atoms with Crippen LogP contribution in [-0.2, 0) is 4.74 Å². The van der Waals surface area contributed by atoms with Crippen molar-refractivity contribution in [2.45, 2.75) is 13.3 Å². The van der Waals surface area contributed by atoms with Crippen molar-refractivity contribution < 1.29 is 4.74 Å². The molecule has 0 heterocycles. The van der Waals surface area contributed by atoms with Crippen LogP contribution in [-0.4, -0.2) is 19.7 Å². The normalized spacial score (nSPS) is 7.14. The molecule has 0 aliphatic heterocycles. The van der Waals surface area contributed by atoms with Crippen molar-refractivity contribution in [3.63, 3.8) is 0 Å². The zero-order valence-electron chi connectivity index (χ0n) is 4.77. The van der Waals surface area contributed by atoms with Crippen LogP contribution in [0.1, 0.15) is 13.3 Å². The van der Waals surface area contributed by atoms with Crippen molar-refractivity contribution >= 4 is 12.6 Å². The highest BCUT2D eigenvalue weighted by Gasteiger charge is 1.99. The lowest BCUT2D eigenvalue weighted by atomic mass is 10.5. The molecule has 7 heavy (non-hydrogen) atoms. The lowest BCUT2D eigenvalue weighted by Gasteiger charge is -1.81. The molecule has 2 heteroatoms. The Morgan fingerprint density at radius 3 is 2.43 bits per heavy atom. The van der Waals surface area contributed by atoms with Crippen LogP contribution in [0.25, 0.3) is 0 Å². The van der Waals surface area contributed by atoms with E-state index in [0.717, 1.165) is 6.42 Å². The van der Waals surface area contributed by atoms with Gasteiger partial charge < -0.3 is 4.74 Å². The molecule has 0 aromatic rings. The van der Waals surface area contributed by atoms with Gasteiger partial charge in [0.15, 0.2) is 0 Å². The molecular formula is C5H10NO+. The second-order valence-electron chi connectivity index (χ2n) is 1.11. The second-order valence-corrected chi connectivity index (χ2v) is 1.11. The van der Waals surface area contributed by atoms with Crippen LogP contribution in [0.4, 0.5) is 0 Å². The summed E-state index contributed by atoms with van der Waals surface area (Å²) in [4.78, 5) is 0. The molecule has 0 spiro atoms. The fourth-order valence-corrected chi connectivity index (χ4v) is 0.321. The Hall–Kier alpha value is -0.750. The van der Waals surface area contributed by atoms with Gasteiger partial charge in [-0.1, -0.05) is 11.6 Å². The zero-order valence-corrected chi connectivity index (χ0v) is 4.77. The highest BCUT2D eigenvalue weighted by atomic mass is 16.5. The number of ether oxygens (including phenoxy) is 1. The summed E-state index contributed by atoms with van der Waals surface area (Å²) in [7, 11) is 1.59. The SMILES string of the molecule is C=[N+]=C(CC)OC. The Kier molecular flexibility index (Phi) is 3.07. The first-order chi connectivity index (χ1) is 3.35. The summed E-state index contributed by atoms with van der Waals surface area (Å²) in [6.45, 7) is 5.26. The average Bonchev–Trinajstić information content (AvgIpc) is 1.72. The first-order valence-corrected chi connectivity index (χ1v) is 2.21. The summed E-state index contributed by atoms with van der Waals surface area (Å²) >= 11 is 0. The Balaban J connectivity index is 3.61. The van der Waals surface area contributed by atoms with Crippen molar-refractivity contribution in [1.82, 2.24) is 4.67 Å². The van der Waals surface area contributed by atoms with Crippen LogP contribution in [0, 0.1) is 0 Å². The Morgan fingerprint density at radius 2 is 2.43 bits per heavy atom. The van der Waals surface area contributed by atoms with Crippen LogP contribution >= 0.6 is 0 Å². The van der Waals surface area contributed by atoms with E-state index in [2.05, 4.69) is 11.4 Å². The summed E-state index contributed by atoms with van der Waals surface area (Å²) in [5, 5.41) is 0. The molecule has 40 valence electrons. The second kappa shape index (κ2) is 3.44. The van der Waals surface area contributed by atoms with Crippen molar-refractivity contribution in [2.24, 2.45) is 0 Å². The summed E-state index contributed by atoms with van der Waals surface area (Å²) in [5.41, 5.74) is 0. The number of methoxy groups -OCH3 is 1. The van der Waals surface area contributed by atoms with Crippen LogP contribution < -0.4 is 4.67 Å². The number of nitrogens with zero attached hydrogens (tertiary/aromatic N) is 1. The molecule has 0 saturated heterocycles. The van der Waals surface area contributed by atoms with Gasteiger partial charge in [0.05, 0.1) is 13.5 Å². The van der Waals surface area contributed by atoms with Gasteiger partial charge >= 0.3 is 5.90 Å². The van der Waals surface area contributed by atoms with E-state index in [1.165, 1.54) is 0 Å². The molecule has 0 amide bonds. The number of hydrogen-bond donors (Lipinski definition) is 0. The fraction of sp³-hybridized carbons (Fsp3) is 0.600. The Bertz CT molecular complexity index is 86.3. The van der Waals surface area contributed by atoms with Crippen LogP contribution in [0.3, 0.4) is 0 Å². The zero-order chi connectivity index (χ0) is 5.70. The lowest BCUT2D eigenvalue weighted by Crippen LogP contribution is -2.00. The molecule has 0 aromatic heterocycles. The fourth-order valence-electron chi connectivity index (χ4n) is 0.321. The predicted molar refractivity (Wildman–Crippen MR) is 31.6 cm³/mol. The first-order valence-electron chi connectivity index (χ1n) is 2.21. The van der Waals surface area contributed by atoms with E-state index in [9.17, 15) is 0 Å². The van der Waals surface area contributed by atoms with Crippen molar-refractivity contribution in [3.8, 4) is 0 Å². The third-order valence-electron chi connectivity index (χ3n) is 0.714. The Labute approximate surface area is 43.6 Å². The van der Waals surface area contributed by atoms with Gasteiger partial charge in [-0.15, -0.1) is 0 Å². The van der Waals surface area contributed by atoms with Gasteiger partial charge in [-0.3, -0.25) is 0 Å². The topological polar surface area (TPSA) is 23.3 Å². The minimum atomic E-state index is 0.694. The third-order valence-corrected chi connectivity index (χ3v) is 0.714. The van der Waals surface area contributed by atoms with Crippen molar-refractivity contribution in [1.29, 1.82) is 0 Å². The monoisotopic (exact) mass is 100 g/mol. The maximum Gasteiger partial charge on any atom is 0.460 e. The summed E-state index contributed by atoms with van der Waals surface area (Å²) < 4.78 is 8.31. The minimum absolute atomic E-state index is 0.694. The van der Waals surface area contributed by atoms with E-state index < -0.39 is 0 Å². The molecule has 0 bridgehead atoms. The molecular weight excluding hydrogens is 90.1 g/mol. The first kappa shape index (κ1) is 6.25. The molecule has 0 fully saturated rings. The van der Waals surface area contributed by atoms with E-state index >= 15 is 0 Å². The lowest BCUT2D eigenvalue weighted by molar-refractivity contribution is 0.392. The molecule has 0 aliphatic rings. The average molecular weight is 100 g/mol. The van der Waals surface area contributed by atoms with Crippen LogP contribution in [0.15, 0.2) is 0 Å².